The first-order valence-corrected chi connectivity index (χ1v) is 8.67. The Bertz CT molecular complexity index is 558. The molecule has 0 radical (unpaired) electrons. The molecule has 0 N–H and O–H groups in total. The van der Waals surface area contributed by atoms with Crippen molar-refractivity contribution in [3.63, 3.8) is 0 Å². The molecule has 126 valence electrons. The summed E-state index contributed by atoms with van der Waals surface area (Å²) >= 11 is 1.54. The van der Waals surface area contributed by atoms with Crippen molar-refractivity contribution in [3.8, 4) is 5.75 Å². The Kier molecular flexibility index (Phi) is 5.93. The van der Waals surface area contributed by atoms with E-state index >= 15 is 0 Å². The molecular weight excluding hydrogens is 314 g/mol. The zero-order valence-electron chi connectivity index (χ0n) is 13.9. The lowest BCUT2D eigenvalue weighted by Gasteiger charge is -2.32. The number of methoxy groups -OCH3 is 2. The third-order valence-electron chi connectivity index (χ3n) is 3.81. The van der Waals surface area contributed by atoms with Gasteiger partial charge in [-0.3, -0.25) is 4.79 Å². The molecule has 5 nitrogen and oxygen atoms in total. The normalized spacial score (nSPS) is 19.1. The maximum absolute atomic E-state index is 12.4. The standard InChI is InChI=1S/C17H23NO4S/c1-11(2)9-14(17(20)22-4)18-15(19)10-23-16(18)12-5-7-13(21-3)8-6-12/h5-8,11,14,16H,9-10H2,1-4H3. The van der Waals surface area contributed by atoms with Crippen LogP contribution in [0.1, 0.15) is 31.2 Å². The van der Waals surface area contributed by atoms with Gasteiger partial charge in [-0.25, -0.2) is 4.79 Å². The minimum Gasteiger partial charge on any atom is -0.497 e. The van der Waals surface area contributed by atoms with Gasteiger partial charge in [0.05, 0.1) is 20.0 Å². The lowest BCUT2D eigenvalue weighted by atomic mass is 10.0. The molecule has 1 aliphatic rings. The van der Waals surface area contributed by atoms with Crippen LogP contribution >= 0.6 is 11.8 Å². The van der Waals surface area contributed by atoms with E-state index in [1.807, 2.05) is 38.1 Å². The number of nitrogens with zero attached hydrogens (tertiary/aromatic N) is 1. The molecule has 2 unspecified atom stereocenters. The van der Waals surface area contributed by atoms with Crippen molar-refractivity contribution in [2.45, 2.75) is 31.7 Å². The Morgan fingerprint density at radius 3 is 2.48 bits per heavy atom. The van der Waals surface area contributed by atoms with E-state index in [9.17, 15) is 9.59 Å². The molecule has 0 aliphatic carbocycles. The maximum atomic E-state index is 12.4. The van der Waals surface area contributed by atoms with Gasteiger partial charge >= 0.3 is 5.97 Å². The highest BCUT2D eigenvalue weighted by molar-refractivity contribution is 8.00. The first-order valence-electron chi connectivity index (χ1n) is 7.62. The maximum Gasteiger partial charge on any atom is 0.328 e. The zero-order chi connectivity index (χ0) is 17.0. The van der Waals surface area contributed by atoms with Crippen LogP contribution < -0.4 is 4.74 Å². The second-order valence-corrected chi connectivity index (χ2v) is 6.97. The third-order valence-corrected chi connectivity index (χ3v) is 5.04. The van der Waals surface area contributed by atoms with E-state index in [0.29, 0.717) is 12.2 Å². The van der Waals surface area contributed by atoms with Crippen molar-refractivity contribution in [2.75, 3.05) is 20.0 Å². The molecule has 2 atom stereocenters. The monoisotopic (exact) mass is 337 g/mol. The molecule has 0 saturated carbocycles. The topological polar surface area (TPSA) is 55.8 Å². The van der Waals surface area contributed by atoms with E-state index in [1.165, 1.54) is 18.9 Å². The van der Waals surface area contributed by atoms with Crippen LogP contribution in [0.25, 0.3) is 0 Å². The highest BCUT2D eigenvalue weighted by Gasteiger charge is 2.41. The Balaban J connectivity index is 2.30. The van der Waals surface area contributed by atoms with Crippen molar-refractivity contribution in [2.24, 2.45) is 5.92 Å². The number of rotatable bonds is 6. The Morgan fingerprint density at radius 2 is 1.96 bits per heavy atom. The Morgan fingerprint density at radius 1 is 1.30 bits per heavy atom. The number of thioether (sulfide) groups is 1. The van der Waals surface area contributed by atoms with Crippen LogP contribution in [0.3, 0.4) is 0 Å². The molecule has 1 aromatic rings. The van der Waals surface area contributed by atoms with Crippen LogP contribution in [0.15, 0.2) is 24.3 Å². The molecule has 1 amide bonds. The second-order valence-electron chi connectivity index (χ2n) is 5.91. The van der Waals surface area contributed by atoms with Crippen molar-refractivity contribution in [1.82, 2.24) is 4.90 Å². The minimum absolute atomic E-state index is 0.0214. The molecule has 1 saturated heterocycles. The summed E-state index contributed by atoms with van der Waals surface area (Å²) in [6, 6.07) is 7.06. The highest BCUT2D eigenvalue weighted by atomic mass is 32.2. The van der Waals surface area contributed by atoms with E-state index in [4.69, 9.17) is 9.47 Å². The van der Waals surface area contributed by atoms with Crippen molar-refractivity contribution in [1.29, 1.82) is 0 Å². The molecular formula is C17H23NO4S. The fourth-order valence-electron chi connectivity index (χ4n) is 2.70. The molecule has 6 heteroatoms. The van der Waals surface area contributed by atoms with E-state index in [1.54, 1.807) is 12.0 Å². The van der Waals surface area contributed by atoms with Gasteiger partial charge in [-0.1, -0.05) is 26.0 Å². The molecule has 0 bridgehead atoms. The minimum atomic E-state index is -0.547. The summed E-state index contributed by atoms with van der Waals surface area (Å²) in [4.78, 5) is 26.3. The molecule has 0 spiro atoms. The van der Waals surface area contributed by atoms with Gasteiger partial charge in [-0.2, -0.15) is 0 Å². The fraction of sp³-hybridized carbons (Fsp3) is 0.529. The van der Waals surface area contributed by atoms with E-state index in [2.05, 4.69) is 0 Å². The fourth-order valence-corrected chi connectivity index (χ4v) is 3.93. The molecule has 0 aromatic heterocycles. The van der Waals surface area contributed by atoms with Crippen molar-refractivity contribution < 1.29 is 19.1 Å². The van der Waals surface area contributed by atoms with Crippen molar-refractivity contribution in [3.05, 3.63) is 29.8 Å². The number of carbonyl (C=O) groups is 2. The predicted molar refractivity (Wildman–Crippen MR) is 90.3 cm³/mol. The molecule has 1 aromatic carbocycles. The van der Waals surface area contributed by atoms with Gasteiger partial charge in [0.2, 0.25) is 5.91 Å². The van der Waals surface area contributed by atoms with Gasteiger partial charge in [0.15, 0.2) is 0 Å². The van der Waals surface area contributed by atoms with Crippen LogP contribution in [0.5, 0.6) is 5.75 Å². The van der Waals surface area contributed by atoms with E-state index in [0.717, 1.165) is 11.3 Å². The van der Waals surface area contributed by atoms with Crippen LogP contribution in [0, 0.1) is 5.92 Å². The van der Waals surface area contributed by atoms with Crippen LogP contribution in [-0.2, 0) is 14.3 Å². The zero-order valence-corrected chi connectivity index (χ0v) is 14.8. The number of amides is 1. The summed E-state index contributed by atoms with van der Waals surface area (Å²) in [6.45, 7) is 4.07. The number of ether oxygens (including phenoxy) is 2. The van der Waals surface area contributed by atoms with Crippen LogP contribution in [-0.4, -0.2) is 42.8 Å². The smallest absolute Gasteiger partial charge is 0.328 e. The number of benzene rings is 1. The predicted octanol–water partition coefficient (Wildman–Crippen LogP) is 2.86. The molecule has 2 rings (SSSR count). The van der Waals surface area contributed by atoms with Gasteiger partial charge in [0.25, 0.3) is 0 Å². The molecule has 23 heavy (non-hydrogen) atoms. The second kappa shape index (κ2) is 7.73. The average molecular weight is 337 g/mol. The summed E-state index contributed by atoms with van der Waals surface area (Å²) in [6.07, 6.45) is 0.589. The van der Waals surface area contributed by atoms with Crippen LogP contribution in [0.2, 0.25) is 0 Å². The lowest BCUT2D eigenvalue weighted by Crippen LogP contribution is -2.44. The summed E-state index contributed by atoms with van der Waals surface area (Å²) < 4.78 is 10.1. The first-order chi connectivity index (χ1) is 11.0. The van der Waals surface area contributed by atoms with Gasteiger partial charge in [0.1, 0.15) is 17.2 Å². The molecule has 1 aliphatic heterocycles. The Hall–Kier alpha value is -1.69. The van der Waals surface area contributed by atoms with E-state index < -0.39 is 6.04 Å². The van der Waals surface area contributed by atoms with Crippen LogP contribution in [0.4, 0.5) is 0 Å². The molecule has 1 fully saturated rings. The van der Waals surface area contributed by atoms with Gasteiger partial charge in [-0.05, 0) is 30.0 Å². The number of hydrogen-bond donors (Lipinski definition) is 0. The summed E-state index contributed by atoms with van der Waals surface area (Å²) in [5.74, 6) is 1.05. The largest absolute Gasteiger partial charge is 0.497 e. The quantitative estimate of drug-likeness (QED) is 0.747. The van der Waals surface area contributed by atoms with E-state index in [-0.39, 0.29) is 23.2 Å². The molecule has 1 heterocycles. The third kappa shape index (κ3) is 3.99. The van der Waals surface area contributed by atoms with Crippen molar-refractivity contribution >= 4 is 23.6 Å². The SMILES string of the molecule is COC(=O)C(CC(C)C)N1C(=O)CSC1c1ccc(OC)cc1. The first kappa shape index (κ1) is 17.7. The lowest BCUT2D eigenvalue weighted by molar-refractivity contribution is -0.152. The van der Waals surface area contributed by atoms with Gasteiger partial charge in [0, 0.05) is 0 Å². The number of carbonyl (C=O) groups excluding carboxylic acids is 2. The highest BCUT2D eigenvalue weighted by Crippen LogP contribution is 2.41. The summed E-state index contributed by atoms with van der Waals surface area (Å²) in [5, 5.41) is -0.170. The average Bonchev–Trinajstić information content (AvgIpc) is 2.93. The number of esters is 1. The summed E-state index contributed by atoms with van der Waals surface area (Å²) in [7, 11) is 2.98. The van der Waals surface area contributed by atoms with Gasteiger partial charge < -0.3 is 14.4 Å². The number of hydrogen-bond acceptors (Lipinski definition) is 5. The summed E-state index contributed by atoms with van der Waals surface area (Å²) in [5.41, 5.74) is 0.985. The Labute approximate surface area is 141 Å². The van der Waals surface area contributed by atoms with Gasteiger partial charge in [-0.15, -0.1) is 11.8 Å².